The maximum Gasteiger partial charge on any atom is 0.234 e. The van der Waals surface area contributed by atoms with Crippen molar-refractivity contribution in [3.63, 3.8) is 0 Å². The highest BCUT2D eigenvalue weighted by Gasteiger charge is 2.30. The van der Waals surface area contributed by atoms with Gasteiger partial charge in [0.25, 0.3) is 0 Å². The number of amides is 1. The number of carbonyl (C=O) groups is 1. The summed E-state index contributed by atoms with van der Waals surface area (Å²) in [5, 5.41) is 12.5. The maximum absolute atomic E-state index is 12.5. The highest BCUT2D eigenvalue weighted by molar-refractivity contribution is 7.99. The first kappa shape index (κ1) is 21.2. The van der Waals surface area contributed by atoms with E-state index in [1.54, 1.807) is 6.26 Å². The molecule has 1 saturated heterocycles. The fraction of sp³-hybridized carbons (Fsp3) is 0.435. The lowest BCUT2D eigenvalue weighted by molar-refractivity contribution is -0.113. The first-order chi connectivity index (χ1) is 15.7. The summed E-state index contributed by atoms with van der Waals surface area (Å²) in [6.45, 7) is 5.00. The first-order valence-corrected chi connectivity index (χ1v) is 12.0. The van der Waals surface area contributed by atoms with Gasteiger partial charge in [0.05, 0.1) is 31.8 Å². The Balaban J connectivity index is 1.15. The Hall–Kier alpha value is -2.62. The number of rotatable bonds is 9. The summed E-state index contributed by atoms with van der Waals surface area (Å²) in [4.78, 5) is 14.9. The largest absolute Gasteiger partial charge is 0.467 e. The predicted molar refractivity (Wildman–Crippen MR) is 122 cm³/mol. The molecule has 0 radical (unpaired) electrons. The van der Waals surface area contributed by atoms with Gasteiger partial charge < -0.3 is 14.5 Å². The van der Waals surface area contributed by atoms with E-state index in [9.17, 15) is 4.79 Å². The summed E-state index contributed by atoms with van der Waals surface area (Å²) in [5.74, 6) is 2.53. The Kier molecular flexibility index (Phi) is 6.56. The van der Waals surface area contributed by atoms with Crippen molar-refractivity contribution in [1.82, 2.24) is 19.7 Å². The third kappa shape index (κ3) is 5.40. The lowest BCUT2D eigenvalue weighted by atomic mass is 10.2. The number of ether oxygens (including phenoxy) is 1. The van der Waals surface area contributed by atoms with Crippen molar-refractivity contribution in [3.8, 4) is 0 Å². The highest BCUT2D eigenvalue weighted by Crippen LogP contribution is 2.40. The van der Waals surface area contributed by atoms with Gasteiger partial charge in [0, 0.05) is 31.2 Å². The van der Waals surface area contributed by atoms with E-state index in [0.717, 1.165) is 68.1 Å². The summed E-state index contributed by atoms with van der Waals surface area (Å²) in [7, 11) is 0. The second kappa shape index (κ2) is 9.89. The second-order valence-corrected chi connectivity index (χ2v) is 9.15. The van der Waals surface area contributed by atoms with E-state index in [1.165, 1.54) is 17.3 Å². The minimum absolute atomic E-state index is 0.0588. The molecule has 3 aromatic rings. The van der Waals surface area contributed by atoms with Gasteiger partial charge in [-0.25, -0.2) is 0 Å². The molecule has 1 aliphatic carbocycles. The quantitative estimate of drug-likeness (QED) is 0.497. The molecule has 2 aromatic heterocycles. The van der Waals surface area contributed by atoms with Crippen LogP contribution in [-0.2, 0) is 22.6 Å². The molecule has 0 bridgehead atoms. The van der Waals surface area contributed by atoms with Gasteiger partial charge >= 0.3 is 0 Å². The average Bonchev–Trinajstić information content (AvgIpc) is 3.37. The molecule has 32 heavy (non-hydrogen) atoms. The van der Waals surface area contributed by atoms with Crippen LogP contribution < -0.4 is 5.32 Å². The molecular formula is C23H27N5O3S. The monoisotopic (exact) mass is 453 g/mol. The van der Waals surface area contributed by atoms with Gasteiger partial charge in [-0.15, -0.1) is 10.2 Å². The minimum Gasteiger partial charge on any atom is -0.467 e. The third-order valence-electron chi connectivity index (χ3n) is 5.66. The Bertz CT molecular complexity index is 1020. The van der Waals surface area contributed by atoms with E-state index < -0.39 is 0 Å². The lowest BCUT2D eigenvalue weighted by Gasteiger charge is -2.26. The standard InChI is InChI=1S/C23H27N5O3S/c29-21(24-19-7-3-17(4-8-19)14-27-9-12-30-13-10-27)16-32-23-26-25-22(18-5-6-18)28(23)15-20-2-1-11-31-20/h1-4,7-8,11,18H,5-6,9-10,12-16H2,(H,24,29). The van der Waals surface area contributed by atoms with Gasteiger partial charge in [0.1, 0.15) is 11.6 Å². The molecule has 168 valence electrons. The molecule has 2 fully saturated rings. The van der Waals surface area contributed by atoms with Gasteiger partial charge in [-0.1, -0.05) is 23.9 Å². The summed E-state index contributed by atoms with van der Waals surface area (Å²) in [5.41, 5.74) is 2.04. The molecule has 1 amide bonds. The molecule has 9 heteroatoms. The SMILES string of the molecule is O=C(CSc1nnc(C2CC2)n1Cc1ccco1)Nc1ccc(CN2CCOCC2)cc1. The van der Waals surface area contributed by atoms with Crippen LogP contribution in [0.3, 0.4) is 0 Å². The summed E-state index contributed by atoms with van der Waals surface area (Å²) < 4.78 is 13.0. The Morgan fingerprint density at radius 3 is 2.62 bits per heavy atom. The Labute approximate surface area is 191 Å². The van der Waals surface area contributed by atoms with Crippen molar-refractivity contribution in [2.45, 2.75) is 37.0 Å². The van der Waals surface area contributed by atoms with Crippen molar-refractivity contribution in [3.05, 3.63) is 59.8 Å². The third-order valence-corrected chi connectivity index (χ3v) is 6.63. The van der Waals surface area contributed by atoms with E-state index in [2.05, 4.69) is 37.1 Å². The number of nitrogens with one attached hydrogen (secondary N) is 1. The highest BCUT2D eigenvalue weighted by atomic mass is 32.2. The first-order valence-electron chi connectivity index (χ1n) is 11.0. The Morgan fingerprint density at radius 2 is 1.91 bits per heavy atom. The van der Waals surface area contributed by atoms with Crippen LogP contribution in [0.5, 0.6) is 0 Å². The molecule has 1 aromatic carbocycles. The number of thioether (sulfide) groups is 1. The molecule has 3 heterocycles. The van der Waals surface area contributed by atoms with E-state index in [0.29, 0.717) is 12.5 Å². The summed E-state index contributed by atoms with van der Waals surface area (Å²) >= 11 is 1.41. The van der Waals surface area contributed by atoms with Crippen molar-refractivity contribution in [1.29, 1.82) is 0 Å². The van der Waals surface area contributed by atoms with Crippen LogP contribution in [0.1, 0.15) is 35.9 Å². The minimum atomic E-state index is -0.0588. The van der Waals surface area contributed by atoms with Crippen molar-refractivity contribution in [2.24, 2.45) is 0 Å². The van der Waals surface area contributed by atoms with Crippen LogP contribution in [0.25, 0.3) is 0 Å². The molecule has 1 saturated carbocycles. The van der Waals surface area contributed by atoms with Crippen LogP contribution >= 0.6 is 11.8 Å². The lowest BCUT2D eigenvalue weighted by Crippen LogP contribution is -2.35. The zero-order valence-electron chi connectivity index (χ0n) is 17.9. The number of morpholine rings is 1. The molecule has 0 spiro atoms. The number of furan rings is 1. The van der Waals surface area contributed by atoms with E-state index in [4.69, 9.17) is 9.15 Å². The van der Waals surface area contributed by atoms with Crippen LogP contribution in [-0.4, -0.2) is 57.6 Å². The smallest absolute Gasteiger partial charge is 0.234 e. The predicted octanol–water partition coefficient (Wildman–Crippen LogP) is 3.36. The van der Waals surface area contributed by atoms with Crippen molar-refractivity contribution in [2.75, 3.05) is 37.4 Å². The second-order valence-electron chi connectivity index (χ2n) is 8.20. The number of nitrogens with zero attached hydrogens (tertiary/aromatic N) is 4. The van der Waals surface area contributed by atoms with Crippen LogP contribution in [0, 0.1) is 0 Å². The van der Waals surface area contributed by atoms with E-state index in [1.807, 2.05) is 24.3 Å². The van der Waals surface area contributed by atoms with Gasteiger partial charge in [0.15, 0.2) is 5.16 Å². The van der Waals surface area contributed by atoms with Crippen LogP contribution in [0.4, 0.5) is 5.69 Å². The van der Waals surface area contributed by atoms with E-state index in [-0.39, 0.29) is 11.7 Å². The van der Waals surface area contributed by atoms with Gasteiger partial charge in [-0.05, 0) is 42.7 Å². The zero-order chi connectivity index (χ0) is 21.8. The van der Waals surface area contributed by atoms with E-state index >= 15 is 0 Å². The number of hydrogen-bond acceptors (Lipinski definition) is 7. The molecule has 8 nitrogen and oxygen atoms in total. The number of aromatic nitrogens is 3. The molecular weight excluding hydrogens is 426 g/mol. The molecule has 5 rings (SSSR count). The number of hydrogen-bond donors (Lipinski definition) is 1. The molecule has 0 unspecified atom stereocenters. The average molecular weight is 454 g/mol. The van der Waals surface area contributed by atoms with Gasteiger partial charge in [0.2, 0.25) is 5.91 Å². The van der Waals surface area contributed by atoms with Crippen LogP contribution in [0.2, 0.25) is 0 Å². The van der Waals surface area contributed by atoms with Crippen molar-refractivity contribution >= 4 is 23.4 Å². The number of benzene rings is 1. The van der Waals surface area contributed by atoms with Crippen LogP contribution in [0.15, 0.2) is 52.2 Å². The number of anilines is 1. The maximum atomic E-state index is 12.5. The molecule has 0 atom stereocenters. The molecule has 1 N–H and O–H groups in total. The number of carbonyl (C=O) groups excluding carboxylic acids is 1. The van der Waals surface area contributed by atoms with Gasteiger partial charge in [-0.2, -0.15) is 0 Å². The van der Waals surface area contributed by atoms with Crippen molar-refractivity contribution < 1.29 is 13.9 Å². The van der Waals surface area contributed by atoms with Gasteiger partial charge in [-0.3, -0.25) is 14.3 Å². The summed E-state index contributed by atoms with van der Waals surface area (Å²) in [6, 6.07) is 11.9. The fourth-order valence-electron chi connectivity index (χ4n) is 3.80. The molecule has 1 aliphatic heterocycles. The fourth-order valence-corrected chi connectivity index (χ4v) is 4.54. The normalized spacial score (nSPS) is 16.9. The Morgan fingerprint density at radius 1 is 1.09 bits per heavy atom. The molecule has 2 aliphatic rings. The summed E-state index contributed by atoms with van der Waals surface area (Å²) in [6.07, 6.45) is 3.95. The topological polar surface area (TPSA) is 85.4 Å². The zero-order valence-corrected chi connectivity index (χ0v) is 18.7.